The maximum Gasteiger partial charge on any atom is 0.306 e. The topological polar surface area (TPSA) is 26.3 Å². The highest BCUT2D eigenvalue weighted by Crippen LogP contribution is 2.19. The normalized spacial score (nSPS) is 13.8. The molecule has 0 aromatic heterocycles. The van der Waals surface area contributed by atoms with Crippen molar-refractivity contribution in [3.05, 3.63) is 105 Å². The van der Waals surface area contributed by atoms with E-state index < -0.39 is 0 Å². The van der Waals surface area contributed by atoms with Crippen LogP contribution in [0.5, 0.6) is 0 Å². The third kappa shape index (κ3) is 46.0. The summed E-state index contributed by atoms with van der Waals surface area (Å²) in [6, 6.07) is 0. The Morgan fingerprint density at radius 2 is 0.523 bits per heavy atom. The van der Waals surface area contributed by atoms with Crippen LogP contribution in [0.2, 0.25) is 0 Å². The van der Waals surface area contributed by atoms with E-state index in [0.717, 1.165) is 83.5 Å². The van der Waals surface area contributed by atoms with Crippen LogP contribution in [0.15, 0.2) is 105 Å². The van der Waals surface area contributed by atoms with Crippen molar-refractivity contribution in [3.63, 3.8) is 0 Å². The first-order chi connectivity index (χ1) is 31.3. The van der Waals surface area contributed by atoms with Gasteiger partial charge in [-0.3, -0.25) is 4.79 Å². The summed E-state index contributed by atoms with van der Waals surface area (Å²) in [5, 5.41) is 0. The molecule has 0 radical (unpaired) electrons. The van der Waals surface area contributed by atoms with Gasteiger partial charge in [-0.05, 0) is 184 Å². The standard InChI is InChI=1S/C63H108O2/c1-12-13-14-15-16-17-18-19-20-21-22-23-24-25-26-51-63(64)65-53-52-62(11)50-34-49-61(10)48-33-47-60(9)46-32-45-59(8)44-31-43-58(7)42-30-41-57(6)40-29-39-56(5)38-28-37-55(4)36-27-35-54(2)3/h35,37,39,41,43,45,47,49,52H,12-34,36,38,40,42,44,46,48,50-51,53H2,1-11H3. The summed E-state index contributed by atoms with van der Waals surface area (Å²) in [5.41, 5.74) is 13.3. The minimum atomic E-state index is -0.0438. The Morgan fingerprint density at radius 1 is 0.292 bits per heavy atom. The molecular weight excluding hydrogens is 789 g/mol. The summed E-state index contributed by atoms with van der Waals surface area (Å²) in [5.74, 6) is -0.0438. The number of carbonyl (C=O) groups excluding carboxylic acids is 1. The van der Waals surface area contributed by atoms with Crippen LogP contribution in [0.1, 0.15) is 282 Å². The molecule has 0 saturated carbocycles. The fraction of sp³-hybridized carbons (Fsp3) is 0.698. The molecule has 65 heavy (non-hydrogen) atoms. The first kappa shape index (κ1) is 62.1. The van der Waals surface area contributed by atoms with E-state index >= 15 is 0 Å². The minimum Gasteiger partial charge on any atom is -0.461 e. The fourth-order valence-corrected chi connectivity index (χ4v) is 8.22. The second-order valence-corrected chi connectivity index (χ2v) is 20.4. The quantitative estimate of drug-likeness (QED) is 0.0347. The highest BCUT2D eigenvalue weighted by atomic mass is 16.5. The zero-order chi connectivity index (χ0) is 48.2. The summed E-state index contributed by atoms with van der Waals surface area (Å²) >= 11 is 0. The van der Waals surface area contributed by atoms with Crippen LogP contribution >= 0.6 is 0 Å². The van der Waals surface area contributed by atoms with Crippen LogP contribution in [0.3, 0.4) is 0 Å². The highest BCUT2D eigenvalue weighted by molar-refractivity contribution is 5.69. The molecule has 0 spiro atoms. The van der Waals surface area contributed by atoms with Crippen LogP contribution in [-0.2, 0) is 9.53 Å². The lowest BCUT2D eigenvalue weighted by molar-refractivity contribution is -0.142. The Labute approximate surface area is 406 Å². The molecule has 0 bridgehead atoms. The zero-order valence-electron chi connectivity index (χ0n) is 45.3. The Balaban J connectivity index is 4.06. The lowest BCUT2D eigenvalue weighted by atomic mass is 10.0. The molecule has 372 valence electrons. The highest BCUT2D eigenvalue weighted by Gasteiger charge is 2.03. The van der Waals surface area contributed by atoms with E-state index in [1.54, 1.807) is 0 Å². The number of carbonyl (C=O) groups is 1. The van der Waals surface area contributed by atoms with Crippen molar-refractivity contribution >= 4 is 5.97 Å². The van der Waals surface area contributed by atoms with E-state index in [0.29, 0.717) is 13.0 Å². The van der Waals surface area contributed by atoms with Crippen LogP contribution in [0.4, 0.5) is 0 Å². The molecule has 0 aromatic rings. The van der Waals surface area contributed by atoms with Crippen molar-refractivity contribution in [2.45, 2.75) is 282 Å². The van der Waals surface area contributed by atoms with Gasteiger partial charge in [-0.15, -0.1) is 0 Å². The van der Waals surface area contributed by atoms with E-state index in [1.807, 2.05) is 0 Å². The molecule has 0 amide bonds. The third-order valence-electron chi connectivity index (χ3n) is 13.0. The van der Waals surface area contributed by atoms with Gasteiger partial charge in [0.15, 0.2) is 0 Å². The van der Waals surface area contributed by atoms with E-state index in [4.69, 9.17) is 4.74 Å². The van der Waals surface area contributed by atoms with Crippen LogP contribution in [-0.4, -0.2) is 12.6 Å². The Hall–Kier alpha value is -2.87. The van der Waals surface area contributed by atoms with Crippen molar-refractivity contribution in [2.75, 3.05) is 6.61 Å². The Bertz CT molecular complexity index is 1480. The van der Waals surface area contributed by atoms with E-state index in [2.05, 4.69) is 131 Å². The zero-order valence-corrected chi connectivity index (χ0v) is 45.3. The smallest absolute Gasteiger partial charge is 0.306 e. The number of rotatable bonds is 42. The molecule has 0 saturated heterocycles. The van der Waals surface area contributed by atoms with E-state index in [9.17, 15) is 4.79 Å². The first-order valence-corrected chi connectivity index (χ1v) is 27.4. The lowest BCUT2D eigenvalue weighted by Gasteiger charge is -2.05. The monoisotopic (exact) mass is 897 g/mol. The fourth-order valence-electron chi connectivity index (χ4n) is 8.22. The number of unbranched alkanes of at least 4 members (excludes halogenated alkanes) is 14. The molecule has 0 aliphatic carbocycles. The van der Waals surface area contributed by atoms with Crippen molar-refractivity contribution in [3.8, 4) is 0 Å². The summed E-state index contributed by atoms with van der Waals surface area (Å²) in [7, 11) is 0. The van der Waals surface area contributed by atoms with Gasteiger partial charge in [0.1, 0.15) is 6.61 Å². The molecule has 0 aliphatic heterocycles. The van der Waals surface area contributed by atoms with Crippen LogP contribution in [0.25, 0.3) is 0 Å². The van der Waals surface area contributed by atoms with Gasteiger partial charge < -0.3 is 4.74 Å². The summed E-state index contributed by atoms with van der Waals surface area (Å²) < 4.78 is 5.50. The molecule has 0 aliphatic rings. The second-order valence-electron chi connectivity index (χ2n) is 20.4. The lowest BCUT2D eigenvalue weighted by Crippen LogP contribution is -2.04. The van der Waals surface area contributed by atoms with Crippen LogP contribution < -0.4 is 0 Å². The van der Waals surface area contributed by atoms with Gasteiger partial charge in [0.05, 0.1) is 0 Å². The SMILES string of the molecule is CCCCCCCCCCCCCCCCCC(=O)OCC=C(C)CCC=C(C)CCC=C(C)CCC=C(C)CCC=C(C)CCC=C(C)CCC=C(C)CCC=C(C)CCC=C(C)C. The molecular formula is C63H108O2. The van der Waals surface area contributed by atoms with Crippen molar-refractivity contribution in [1.29, 1.82) is 0 Å². The Kier molecular flexibility index (Phi) is 43.0. The number of ether oxygens (including phenoxy) is 1. The van der Waals surface area contributed by atoms with Gasteiger partial charge >= 0.3 is 5.97 Å². The predicted molar refractivity (Wildman–Crippen MR) is 294 cm³/mol. The van der Waals surface area contributed by atoms with E-state index in [1.165, 1.54) is 166 Å². The number of hydrogen-bond donors (Lipinski definition) is 0. The van der Waals surface area contributed by atoms with Crippen molar-refractivity contribution in [1.82, 2.24) is 0 Å². The molecule has 0 atom stereocenters. The van der Waals surface area contributed by atoms with Crippen LogP contribution in [0, 0.1) is 0 Å². The number of allylic oxidation sites excluding steroid dienone is 17. The summed E-state index contributed by atoms with van der Waals surface area (Å²) in [6.07, 6.45) is 60.4. The predicted octanol–water partition coefficient (Wildman–Crippen LogP) is 21.6. The van der Waals surface area contributed by atoms with Gasteiger partial charge in [-0.25, -0.2) is 0 Å². The summed E-state index contributed by atoms with van der Waals surface area (Å²) in [6.45, 7) is 25.3. The third-order valence-corrected chi connectivity index (χ3v) is 13.0. The molecule has 0 unspecified atom stereocenters. The van der Waals surface area contributed by atoms with E-state index in [-0.39, 0.29) is 5.97 Å². The molecule has 0 N–H and O–H groups in total. The molecule has 0 heterocycles. The average molecular weight is 898 g/mol. The van der Waals surface area contributed by atoms with Gasteiger partial charge in [0.25, 0.3) is 0 Å². The number of hydrogen-bond acceptors (Lipinski definition) is 2. The maximum atomic E-state index is 12.2. The first-order valence-electron chi connectivity index (χ1n) is 27.4. The molecule has 0 rings (SSSR count). The van der Waals surface area contributed by atoms with Gasteiger partial charge in [0, 0.05) is 6.42 Å². The molecule has 2 heteroatoms. The van der Waals surface area contributed by atoms with Crippen molar-refractivity contribution < 1.29 is 9.53 Å². The van der Waals surface area contributed by atoms with Gasteiger partial charge in [0.2, 0.25) is 0 Å². The molecule has 0 aromatic carbocycles. The number of esters is 1. The van der Waals surface area contributed by atoms with Gasteiger partial charge in [-0.2, -0.15) is 0 Å². The summed E-state index contributed by atoms with van der Waals surface area (Å²) in [4.78, 5) is 12.2. The average Bonchev–Trinajstić information content (AvgIpc) is 3.25. The van der Waals surface area contributed by atoms with Gasteiger partial charge in [-0.1, -0.05) is 196 Å². The Morgan fingerprint density at radius 3 is 0.785 bits per heavy atom. The minimum absolute atomic E-state index is 0.0438. The van der Waals surface area contributed by atoms with Crippen molar-refractivity contribution in [2.24, 2.45) is 0 Å². The maximum absolute atomic E-state index is 12.2. The molecule has 0 fully saturated rings. The largest absolute Gasteiger partial charge is 0.461 e. The second kappa shape index (κ2) is 44.9. The molecule has 2 nitrogen and oxygen atoms in total.